The predicted molar refractivity (Wildman–Crippen MR) is 93.9 cm³/mol. The van der Waals surface area contributed by atoms with Crippen LogP contribution in [0.3, 0.4) is 0 Å². The first-order valence-electron chi connectivity index (χ1n) is 8.21. The van der Waals surface area contributed by atoms with E-state index in [0.717, 1.165) is 18.6 Å². The van der Waals surface area contributed by atoms with E-state index in [0.29, 0.717) is 0 Å². The van der Waals surface area contributed by atoms with Crippen molar-refractivity contribution in [1.82, 2.24) is 0 Å². The fraction of sp³-hybridized carbons (Fsp3) is 0.684. The van der Waals surface area contributed by atoms with Crippen molar-refractivity contribution in [2.45, 2.75) is 85.5 Å². The average Bonchev–Trinajstić information content (AvgIpc) is 2.47. The van der Waals surface area contributed by atoms with E-state index in [2.05, 4.69) is 67.5 Å². The van der Waals surface area contributed by atoms with Crippen LogP contribution in [-0.4, -0.2) is 0 Å². The van der Waals surface area contributed by atoms with Crippen LogP contribution in [0.5, 0.6) is 5.75 Å². The van der Waals surface area contributed by atoms with Crippen molar-refractivity contribution in [2.75, 3.05) is 0 Å². The third-order valence-electron chi connectivity index (χ3n) is 4.38. The lowest BCUT2D eigenvalue weighted by molar-refractivity contribution is 0.320. The molecule has 0 aliphatic rings. The lowest BCUT2D eigenvalue weighted by Gasteiger charge is -2.29. The first-order valence-corrected chi connectivity index (χ1v) is 8.21. The summed E-state index contributed by atoms with van der Waals surface area (Å²) in [7, 11) is 0. The molecule has 0 radical (unpaired) electrons. The van der Waals surface area contributed by atoms with Crippen LogP contribution in [0, 0.1) is 0 Å². The van der Waals surface area contributed by atoms with Gasteiger partial charge < -0.3 is 4.84 Å². The molecule has 0 aliphatic heterocycles. The van der Waals surface area contributed by atoms with Gasteiger partial charge >= 0.3 is 0 Å². The van der Waals surface area contributed by atoms with Crippen LogP contribution in [0.4, 0.5) is 0 Å². The predicted octanol–water partition coefficient (Wildman–Crippen LogP) is 5.73. The van der Waals surface area contributed by atoms with Crippen molar-refractivity contribution >= 4 is 0 Å². The van der Waals surface area contributed by atoms with Crippen LogP contribution in [0.2, 0.25) is 0 Å². The summed E-state index contributed by atoms with van der Waals surface area (Å²) in [6.45, 7) is 17.7. The first kappa shape index (κ1) is 20.0. The normalized spacial score (nSPS) is 11.7. The van der Waals surface area contributed by atoms with Gasteiger partial charge in [-0.05, 0) is 35.3 Å². The molecule has 1 rings (SSSR count). The van der Waals surface area contributed by atoms with Gasteiger partial charge in [0.25, 0.3) is 0 Å². The van der Waals surface area contributed by atoms with Crippen molar-refractivity contribution < 1.29 is 4.84 Å². The van der Waals surface area contributed by atoms with E-state index in [9.17, 15) is 0 Å². The van der Waals surface area contributed by atoms with E-state index in [-0.39, 0.29) is 10.8 Å². The molecule has 0 fully saturated rings. The second-order valence-electron chi connectivity index (χ2n) is 7.01. The van der Waals surface area contributed by atoms with Gasteiger partial charge in [-0.1, -0.05) is 73.9 Å². The van der Waals surface area contributed by atoms with Crippen LogP contribution in [0.25, 0.3) is 0 Å². The van der Waals surface area contributed by atoms with E-state index in [1.165, 1.54) is 17.5 Å². The summed E-state index contributed by atoms with van der Waals surface area (Å²) in [5.41, 5.74) is 2.81. The molecule has 0 saturated carbocycles. The molecule has 0 bridgehead atoms. The standard InChI is InChI=1S/C16H27NO.C3H8/c1-7-15(3,4)12-9-10-14(18-17)13(11-12)16(5,6)8-2;1-3-2/h9-11H,7-8,17H2,1-6H3;3H2,1-2H3. The van der Waals surface area contributed by atoms with Crippen LogP contribution in [0.1, 0.15) is 85.8 Å². The first-order chi connectivity index (χ1) is 9.69. The molecule has 0 saturated heterocycles. The van der Waals surface area contributed by atoms with Crippen LogP contribution < -0.4 is 10.7 Å². The number of hydrogen-bond donors (Lipinski definition) is 1. The van der Waals surface area contributed by atoms with Crippen LogP contribution in [0.15, 0.2) is 18.2 Å². The summed E-state index contributed by atoms with van der Waals surface area (Å²) in [5.74, 6) is 6.18. The number of hydrogen-bond acceptors (Lipinski definition) is 2. The Bertz CT molecular complexity index is 422. The molecule has 0 unspecified atom stereocenters. The van der Waals surface area contributed by atoms with Crippen molar-refractivity contribution in [3.63, 3.8) is 0 Å². The van der Waals surface area contributed by atoms with E-state index in [1.807, 2.05) is 6.07 Å². The molecule has 2 nitrogen and oxygen atoms in total. The topological polar surface area (TPSA) is 35.2 Å². The van der Waals surface area contributed by atoms with Gasteiger partial charge in [0.2, 0.25) is 0 Å². The minimum absolute atomic E-state index is 0.0779. The van der Waals surface area contributed by atoms with E-state index in [1.54, 1.807) is 0 Å². The molecule has 0 atom stereocenters. The quantitative estimate of drug-likeness (QED) is 0.703. The monoisotopic (exact) mass is 293 g/mol. The highest BCUT2D eigenvalue weighted by Gasteiger charge is 2.26. The molecule has 1 aromatic rings. The Morgan fingerprint density at radius 3 is 1.76 bits per heavy atom. The number of nitrogens with two attached hydrogens (primary N) is 1. The van der Waals surface area contributed by atoms with E-state index >= 15 is 0 Å². The SMILES string of the molecule is CCC.CCC(C)(C)c1ccc(ON)c(C(C)(C)CC)c1. The maximum absolute atomic E-state index is 5.39. The highest BCUT2D eigenvalue weighted by Crippen LogP contribution is 2.37. The summed E-state index contributed by atoms with van der Waals surface area (Å²) in [6.07, 6.45) is 3.42. The zero-order valence-electron chi connectivity index (χ0n) is 15.3. The van der Waals surface area contributed by atoms with Crippen molar-refractivity contribution in [3.8, 4) is 5.75 Å². The molecule has 0 amide bonds. The molecule has 122 valence electrons. The van der Waals surface area contributed by atoms with E-state index < -0.39 is 0 Å². The smallest absolute Gasteiger partial charge is 0.150 e. The summed E-state index contributed by atoms with van der Waals surface area (Å²) < 4.78 is 0. The molecule has 1 aromatic carbocycles. The Kier molecular flexibility index (Phi) is 8.02. The molecule has 0 aromatic heterocycles. The Labute approximate surface area is 132 Å². The summed E-state index contributed by atoms with van der Waals surface area (Å²) in [5, 5.41) is 0. The minimum atomic E-state index is 0.0779. The Morgan fingerprint density at radius 2 is 1.38 bits per heavy atom. The third kappa shape index (κ3) is 5.35. The minimum Gasteiger partial charge on any atom is -0.411 e. The van der Waals surface area contributed by atoms with Crippen LogP contribution >= 0.6 is 0 Å². The van der Waals surface area contributed by atoms with Gasteiger partial charge in [-0.15, -0.1) is 0 Å². The fourth-order valence-electron chi connectivity index (χ4n) is 1.98. The maximum Gasteiger partial charge on any atom is 0.150 e. The second-order valence-corrected chi connectivity index (χ2v) is 7.01. The Hall–Kier alpha value is -1.02. The third-order valence-corrected chi connectivity index (χ3v) is 4.38. The van der Waals surface area contributed by atoms with Gasteiger partial charge in [-0.3, -0.25) is 0 Å². The van der Waals surface area contributed by atoms with Gasteiger partial charge in [-0.2, -0.15) is 5.90 Å². The molecular formula is C19H35NO. The Morgan fingerprint density at radius 1 is 0.905 bits per heavy atom. The van der Waals surface area contributed by atoms with E-state index in [4.69, 9.17) is 10.7 Å². The summed E-state index contributed by atoms with van der Waals surface area (Å²) in [6, 6.07) is 6.38. The van der Waals surface area contributed by atoms with Gasteiger partial charge in [0, 0.05) is 5.56 Å². The van der Waals surface area contributed by atoms with Gasteiger partial charge in [0.15, 0.2) is 5.75 Å². The zero-order valence-corrected chi connectivity index (χ0v) is 15.3. The van der Waals surface area contributed by atoms with Crippen LogP contribution in [-0.2, 0) is 10.8 Å². The molecule has 2 heteroatoms. The molecule has 0 aliphatic carbocycles. The van der Waals surface area contributed by atoms with Crippen molar-refractivity contribution in [1.29, 1.82) is 0 Å². The van der Waals surface area contributed by atoms with Gasteiger partial charge in [0.1, 0.15) is 0 Å². The lowest BCUT2D eigenvalue weighted by atomic mass is 9.76. The maximum atomic E-state index is 5.39. The second kappa shape index (κ2) is 8.43. The largest absolute Gasteiger partial charge is 0.411 e. The molecule has 2 N–H and O–H groups in total. The number of rotatable bonds is 5. The zero-order chi connectivity index (χ0) is 16.7. The highest BCUT2D eigenvalue weighted by molar-refractivity contribution is 5.43. The molecule has 21 heavy (non-hydrogen) atoms. The molecular weight excluding hydrogens is 258 g/mol. The number of benzene rings is 1. The van der Waals surface area contributed by atoms with Gasteiger partial charge in [-0.25, -0.2) is 0 Å². The summed E-state index contributed by atoms with van der Waals surface area (Å²) >= 11 is 0. The fourth-order valence-corrected chi connectivity index (χ4v) is 1.98. The van der Waals surface area contributed by atoms with Crippen molar-refractivity contribution in [2.24, 2.45) is 5.90 Å². The van der Waals surface area contributed by atoms with Crippen molar-refractivity contribution in [3.05, 3.63) is 29.3 Å². The van der Waals surface area contributed by atoms with Gasteiger partial charge in [0.05, 0.1) is 0 Å². The lowest BCUT2D eigenvalue weighted by Crippen LogP contribution is -2.22. The molecule has 0 spiro atoms. The molecule has 0 heterocycles. The summed E-state index contributed by atoms with van der Waals surface area (Å²) in [4.78, 5) is 5.03. The Balaban J connectivity index is 0.00000122. The highest BCUT2D eigenvalue weighted by atomic mass is 16.6. The average molecular weight is 293 g/mol.